The topological polar surface area (TPSA) is 75.7 Å². The van der Waals surface area contributed by atoms with Crippen LogP contribution in [0.25, 0.3) is 0 Å². The lowest BCUT2D eigenvalue weighted by molar-refractivity contribution is 0.102. The van der Waals surface area contributed by atoms with E-state index >= 15 is 0 Å². The van der Waals surface area contributed by atoms with Gasteiger partial charge in [-0.15, -0.1) is 0 Å². The summed E-state index contributed by atoms with van der Waals surface area (Å²) in [5, 5.41) is 2.93. The zero-order valence-electron chi connectivity index (χ0n) is 15.7. The predicted molar refractivity (Wildman–Crippen MR) is 110 cm³/mol. The first-order valence-electron chi connectivity index (χ1n) is 9.25. The van der Waals surface area contributed by atoms with E-state index in [0.29, 0.717) is 31.1 Å². The summed E-state index contributed by atoms with van der Waals surface area (Å²) in [4.78, 5) is 12.7. The van der Waals surface area contributed by atoms with E-state index in [2.05, 4.69) is 5.32 Å². The Morgan fingerprint density at radius 2 is 1.79 bits per heavy atom. The van der Waals surface area contributed by atoms with Crippen molar-refractivity contribution >= 4 is 33.2 Å². The molecule has 0 unspecified atom stereocenters. The first-order chi connectivity index (χ1) is 13.4. The molecule has 2 aromatic rings. The summed E-state index contributed by atoms with van der Waals surface area (Å²) in [5.74, 6) is 0.234. The molecule has 1 amide bonds. The van der Waals surface area contributed by atoms with Crippen molar-refractivity contribution in [3.63, 3.8) is 0 Å². The number of rotatable bonds is 6. The molecular weight excluding hydrogens is 400 g/mol. The molecule has 2 aromatic carbocycles. The van der Waals surface area contributed by atoms with Gasteiger partial charge in [0, 0.05) is 18.8 Å². The maximum Gasteiger partial charge on any atom is 0.257 e. The lowest BCUT2D eigenvalue weighted by Gasteiger charge is -2.26. The Kier molecular flexibility index (Phi) is 6.59. The van der Waals surface area contributed by atoms with Gasteiger partial charge in [0.25, 0.3) is 5.91 Å². The number of benzene rings is 2. The van der Waals surface area contributed by atoms with Gasteiger partial charge in [0.2, 0.25) is 10.0 Å². The van der Waals surface area contributed by atoms with Gasteiger partial charge >= 0.3 is 0 Å². The minimum atomic E-state index is -3.64. The molecule has 8 heteroatoms. The van der Waals surface area contributed by atoms with E-state index in [4.69, 9.17) is 16.3 Å². The maximum absolute atomic E-state index is 12.9. The number of anilines is 1. The lowest BCUT2D eigenvalue weighted by atomic mass is 10.2. The highest BCUT2D eigenvalue weighted by molar-refractivity contribution is 7.89. The molecule has 1 aliphatic rings. The van der Waals surface area contributed by atoms with Gasteiger partial charge in [0.15, 0.2) is 0 Å². The SMILES string of the molecule is CCOc1ccc(NC(=O)c2cc(S(=O)(=O)N3CCCCC3)ccc2Cl)cc1. The second kappa shape index (κ2) is 8.94. The van der Waals surface area contributed by atoms with Crippen LogP contribution in [0.3, 0.4) is 0 Å². The molecule has 1 saturated heterocycles. The highest BCUT2D eigenvalue weighted by Gasteiger charge is 2.27. The van der Waals surface area contributed by atoms with E-state index in [9.17, 15) is 13.2 Å². The normalized spacial score (nSPS) is 15.2. The number of ether oxygens (including phenoxy) is 1. The summed E-state index contributed by atoms with van der Waals surface area (Å²) in [5.41, 5.74) is 0.683. The summed E-state index contributed by atoms with van der Waals surface area (Å²) in [7, 11) is -3.64. The third-order valence-corrected chi connectivity index (χ3v) is 6.78. The van der Waals surface area contributed by atoms with Gasteiger partial charge in [-0.2, -0.15) is 4.31 Å². The molecule has 6 nitrogen and oxygen atoms in total. The highest BCUT2D eigenvalue weighted by atomic mass is 35.5. The zero-order chi connectivity index (χ0) is 20.1. The number of halogens is 1. The average molecular weight is 423 g/mol. The molecular formula is C20H23ClN2O4S. The van der Waals surface area contributed by atoms with E-state index < -0.39 is 15.9 Å². The molecule has 0 radical (unpaired) electrons. The molecule has 0 atom stereocenters. The Morgan fingerprint density at radius 1 is 1.11 bits per heavy atom. The molecule has 0 aromatic heterocycles. The van der Waals surface area contributed by atoms with E-state index in [1.807, 2.05) is 6.92 Å². The van der Waals surface area contributed by atoms with Crippen molar-refractivity contribution in [1.82, 2.24) is 4.31 Å². The number of nitrogens with one attached hydrogen (secondary N) is 1. The van der Waals surface area contributed by atoms with Gasteiger partial charge < -0.3 is 10.1 Å². The highest BCUT2D eigenvalue weighted by Crippen LogP contribution is 2.26. The molecule has 1 aliphatic heterocycles. The van der Waals surface area contributed by atoms with E-state index in [-0.39, 0.29) is 15.5 Å². The first kappa shape index (κ1) is 20.6. The second-order valence-corrected chi connectivity index (χ2v) is 8.86. The molecule has 0 aliphatic carbocycles. The summed E-state index contributed by atoms with van der Waals surface area (Å²) in [6.07, 6.45) is 2.72. The van der Waals surface area contributed by atoms with Crippen LogP contribution in [-0.2, 0) is 10.0 Å². The number of carbonyl (C=O) groups excluding carboxylic acids is 1. The van der Waals surface area contributed by atoms with Crippen LogP contribution in [0.5, 0.6) is 5.75 Å². The third kappa shape index (κ3) is 4.66. The zero-order valence-corrected chi connectivity index (χ0v) is 17.2. The van der Waals surface area contributed by atoms with Crippen LogP contribution in [0.1, 0.15) is 36.5 Å². The van der Waals surface area contributed by atoms with Crippen LogP contribution < -0.4 is 10.1 Å². The summed E-state index contributed by atoms with van der Waals surface area (Å²) in [6.45, 7) is 3.44. The van der Waals surface area contributed by atoms with Gasteiger partial charge in [0.1, 0.15) is 5.75 Å². The van der Waals surface area contributed by atoms with Gasteiger partial charge in [-0.1, -0.05) is 18.0 Å². The Balaban J connectivity index is 1.81. The van der Waals surface area contributed by atoms with Crippen molar-refractivity contribution in [3.8, 4) is 5.75 Å². The van der Waals surface area contributed by atoms with Crippen molar-refractivity contribution in [2.45, 2.75) is 31.1 Å². The molecule has 150 valence electrons. The van der Waals surface area contributed by atoms with E-state index in [1.54, 1.807) is 24.3 Å². The number of sulfonamides is 1. The van der Waals surface area contributed by atoms with Crippen molar-refractivity contribution in [2.75, 3.05) is 25.0 Å². The molecule has 0 bridgehead atoms. The van der Waals surface area contributed by atoms with Crippen LogP contribution in [0.15, 0.2) is 47.4 Å². The van der Waals surface area contributed by atoms with Crippen molar-refractivity contribution in [1.29, 1.82) is 0 Å². The largest absolute Gasteiger partial charge is 0.494 e. The smallest absolute Gasteiger partial charge is 0.257 e. The van der Waals surface area contributed by atoms with Crippen molar-refractivity contribution < 1.29 is 17.9 Å². The Hall–Kier alpha value is -2.09. The molecule has 1 N–H and O–H groups in total. The van der Waals surface area contributed by atoms with Crippen molar-refractivity contribution in [2.24, 2.45) is 0 Å². The second-order valence-electron chi connectivity index (χ2n) is 6.52. The third-order valence-electron chi connectivity index (χ3n) is 4.56. The van der Waals surface area contributed by atoms with Gasteiger partial charge in [-0.05, 0) is 62.2 Å². The van der Waals surface area contributed by atoms with Gasteiger partial charge in [-0.25, -0.2) is 8.42 Å². The van der Waals surface area contributed by atoms with Crippen LogP contribution in [-0.4, -0.2) is 38.3 Å². The van der Waals surface area contributed by atoms with Gasteiger partial charge in [0.05, 0.1) is 22.1 Å². The Morgan fingerprint density at radius 3 is 2.43 bits per heavy atom. The van der Waals surface area contributed by atoms with Gasteiger partial charge in [-0.3, -0.25) is 4.79 Å². The van der Waals surface area contributed by atoms with Crippen molar-refractivity contribution in [3.05, 3.63) is 53.1 Å². The Bertz CT molecular complexity index is 939. The number of hydrogen-bond donors (Lipinski definition) is 1. The molecule has 3 rings (SSSR count). The molecule has 1 heterocycles. The molecule has 0 saturated carbocycles. The predicted octanol–water partition coefficient (Wildman–Crippen LogP) is 4.17. The fraction of sp³-hybridized carbons (Fsp3) is 0.350. The molecule has 28 heavy (non-hydrogen) atoms. The number of hydrogen-bond acceptors (Lipinski definition) is 4. The minimum Gasteiger partial charge on any atom is -0.494 e. The molecule has 0 spiro atoms. The summed E-state index contributed by atoms with van der Waals surface area (Å²) >= 11 is 6.17. The minimum absolute atomic E-state index is 0.0793. The monoisotopic (exact) mass is 422 g/mol. The summed E-state index contributed by atoms with van der Waals surface area (Å²) in [6, 6.07) is 11.2. The van der Waals surface area contributed by atoms with E-state index in [0.717, 1.165) is 19.3 Å². The average Bonchev–Trinajstić information content (AvgIpc) is 2.70. The lowest BCUT2D eigenvalue weighted by Crippen LogP contribution is -2.35. The number of piperidine rings is 1. The van der Waals surface area contributed by atoms with Crippen LogP contribution >= 0.6 is 11.6 Å². The standard InChI is InChI=1S/C20H23ClN2O4S/c1-2-27-16-8-6-15(7-9-16)22-20(24)18-14-17(10-11-19(18)21)28(25,26)23-12-4-3-5-13-23/h6-11,14H,2-5,12-13H2,1H3,(H,22,24). The number of amides is 1. The van der Waals surface area contributed by atoms with Crippen LogP contribution in [0, 0.1) is 0 Å². The van der Waals surface area contributed by atoms with Crippen LogP contribution in [0.2, 0.25) is 5.02 Å². The molecule has 1 fully saturated rings. The summed E-state index contributed by atoms with van der Waals surface area (Å²) < 4.78 is 32.6. The quantitative estimate of drug-likeness (QED) is 0.758. The number of carbonyl (C=O) groups is 1. The fourth-order valence-electron chi connectivity index (χ4n) is 3.09. The Labute approximate surface area is 170 Å². The number of nitrogens with zero attached hydrogens (tertiary/aromatic N) is 1. The first-order valence-corrected chi connectivity index (χ1v) is 11.1. The maximum atomic E-state index is 12.9. The van der Waals surface area contributed by atoms with Crippen LogP contribution in [0.4, 0.5) is 5.69 Å². The fourth-order valence-corrected chi connectivity index (χ4v) is 4.84. The van der Waals surface area contributed by atoms with E-state index in [1.165, 1.54) is 22.5 Å².